The molecule has 0 aromatic carbocycles. The zero-order valence-corrected chi connectivity index (χ0v) is 12.1. The molecule has 7 heteroatoms. The summed E-state index contributed by atoms with van der Waals surface area (Å²) in [5, 5.41) is 21.0. The fraction of sp³-hybridized carbons (Fsp3) is 0.750. The number of carbonyl (C=O) groups excluding carboxylic acids is 1. The van der Waals surface area contributed by atoms with Gasteiger partial charge in [0.2, 0.25) is 5.91 Å². The van der Waals surface area contributed by atoms with E-state index in [1.165, 1.54) is 24.6 Å². The zero-order chi connectivity index (χ0) is 13.8. The predicted molar refractivity (Wildman–Crippen MR) is 72.9 cm³/mol. The third-order valence-corrected chi connectivity index (χ3v) is 4.05. The number of rotatable bonds is 7. The van der Waals surface area contributed by atoms with Gasteiger partial charge in [0.15, 0.2) is 5.16 Å². The van der Waals surface area contributed by atoms with Crippen molar-refractivity contribution >= 4 is 17.7 Å². The van der Waals surface area contributed by atoms with E-state index in [1.54, 1.807) is 6.33 Å². The van der Waals surface area contributed by atoms with E-state index in [9.17, 15) is 9.90 Å². The molecule has 1 atom stereocenters. The van der Waals surface area contributed by atoms with Crippen LogP contribution in [0.2, 0.25) is 0 Å². The molecule has 1 aliphatic carbocycles. The van der Waals surface area contributed by atoms with Gasteiger partial charge < -0.3 is 15.0 Å². The number of aliphatic hydroxyl groups excluding tert-OH is 1. The second kappa shape index (κ2) is 6.38. The minimum atomic E-state index is -0.496. The number of carbonyl (C=O) groups is 1. The highest BCUT2D eigenvalue weighted by molar-refractivity contribution is 7.99. The molecule has 0 spiro atoms. The van der Waals surface area contributed by atoms with Gasteiger partial charge in [0, 0.05) is 12.6 Å². The van der Waals surface area contributed by atoms with E-state index in [2.05, 4.69) is 15.5 Å². The summed E-state index contributed by atoms with van der Waals surface area (Å²) in [6, 6.07) is 0.517. The Morgan fingerprint density at radius 2 is 2.37 bits per heavy atom. The number of nitrogens with zero attached hydrogens (tertiary/aromatic N) is 3. The molecule has 1 aromatic heterocycles. The summed E-state index contributed by atoms with van der Waals surface area (Å²) in [6.07, 6.45) is 3.56. The molecule has 1 aromatic rings. The lowest BCUT2D eigenvalue weighted by molar-refractivity contribution is -0.119. The van der Waals surface area contributed by atoms with Crippen LogP contribution >= 0.6 is 11.8 Å². The van der Waals surface area contributed by atoms with E-state index in [0.29, 0.717) is 18.3 Å². The summed E-state index contributed by atoms with van der Waals surface area (Å²) in [5.41, 5.74) is 0. The minimum absolute atomic E-state index is 0.0879. The standard InChI is InChI=1S/C12H20N4O2S/c1-8(2)10(17)5-13-11(18)6-19-12-15-14-7-16(12)9-3-4-9/h7-10,17H,3-6H2,1-2H3,(H,13,18). The van der Waals surface area contributed by atoms with E-state index in [0.717, 1.165) is 5.16 Å². The zero-order valence-electron chi connectivity index (χ0n) is 11.2. The number of nitrogens with one attached hydrogen (secondary N) is 1. The SMILES string of the molecule is CC(C)C(O)CNC(=O)CSc1nncn1C1CC1. The maximum absolute atomic E-state index is 11.7. The number of aliphatic hydroxyl groups is 1. The van der Waals surface area contributed by atoms with E-state index in [-0.39, 0.29) is 11.8 Å². The van der Waals surface area contributed by atoms with Crippen LogP contribution in [0.3, 0.4) is 0 Å². The second-order valence-electron chi connectivity index (χ2n) is 5.16. The Hall–Kier alpha value is -1.08. The normalized spacial score (nSPS) is 16.6. The fourth-order valence-electron chi connectivity index (χ4n) is 1.57. The van der Waals surface area contributed by atoms with Crippen LogP contribution in [0.25, 0.3) is 0 Å². The Bertz CT molecular complexity index is 431. The van der Waals surface area contributed by atoms with Crippen molar-refractivity contribution in [3.8, 4) is 0 Å². The molecule has 106 valence electrons. The van der Waals surface area contributed by atoms with E-state index < -0.39 is 6.10 Å². The van der Waals surface area contributed by atoms with Crippen LogP contribution in [-0.4, -0.2) is 44.2 Å². The average molecular weight is 284 g/mol. The maximum Gasteiger partial charge on any atom is 0.230 e. The van der Waals surface area contributed by atoms with E-state index in [4.69, 9.17) is 0 Å². The number of aromatic nitrogens is 3. The van der Waals surface area contributed by atoms with Crippen LogP contribution in [-0.2, 0) is 4.79 Å². The lowest BCUT2D eigenvalue weighted by Gasteiger charge is -2.14. The first kappa shape index (κ1) is 14.3. The third-order valence-electron chi connectivity index (χ3n) is 3.09. The van der Waals surface area contributed by atoms with Gasteiger partial charge in [-0.05, 0) is 18.8 Å². The molecule has 2 rings (SSSR count). The fourth-order valence-corrected chi connectivity index (χ4v) is 2.39. The molecule has 1 unspecified atom stereocenters. The largest absolute Gasteiger partial charge is 0.391 e. The van der Waals surface area contributed by atoms with E-state index >= 15 is 0 Å². The van der Waals surface area contributed by atoms with Crippen molar-refractivity contribution in [2.24, 2.45) is 5.92 Å². The van der Waals surface area contributed by atoms with Gasteiger partial charge in [-0.1, -0.05) is 25.6 Å². The molecule has 2 N–H and O–H groups in total. The first-order valence-corrected chi connectivity index (χ1v) is 7.53. The predicted octanol–water partition coefficient (Wildman–Crippen LogP) is 0.838. The van der Waals surface area contributed by atoms with Gasteiger partial charge >= 0.3 is 0 Å². The summed E-state index contributed by atoms with van der Waals surface area (Å²) < 4.78 is 2.03. The van der Waals surface area contributed by atoms with Gasteiger partial charge in [0.1, 0.15) is 6.33 Å². The first-order valence-electron chi connectivity index (χ1n) is 6.55. The Morgan fingerprint density at radius 1 is 1.63 bits per heavy atom. The van der Waals surface area contributed by atoms with Gasteiger partial charge in [-0.3, -0.25) is 4.79 Å². The quantitative estimate of drug-likeness (QED) is 0.725. The van der Waals surface area contributed by atoms with Gasteiger partial charge in [0.25, 0.3) is 0 Å². The van der Waals surface area contributed by atoms with E-state index in [1.807, 2.05) is 18.4 Å². The minimum Gasteiger partial charge on any atom is -0.391 e. The molecule has 0 bridgehead atoms. The Labute approximate surface area is 117 Å². The molecular formula is C12H20N4O2S. The Morgan fingerprint density at radius 3 is 3.00 bits per heavy atom. The molecule has 1 aliphatic rings. The monoisotopic (exact) mass is 284 g/mol. The van der Waals surface area contributed by atoms with Crippen molar-refractivity contribution < 1.29 is 9.90 Å². The Balaban J connectivity index is 1.72. The summed E-state index contributed by atoms with van der Waals surface area (Å²) in [6.45, 7) is 4.14. The van der Waals surface area contributed by atoms with Crippen LogP contribution < -0.4 is 5.32 Å². The van der Waals surface area contributed by atoms with Crippen molar-refractivity contribution in [2.75, 3.05) is 12.3 Å². The molecule has 1 saturated carbocycles. The van der Waals surface area contributed by atoms with Crippen LogP contribution in [0.4, 0.5) is 0 Å². The summed E-state index contributed by atoms with van der Waals surface area (Å²) >= 11 is 1.39. The molecule has 0 saturated heterocycles. The number of thioether (sulfide) groups is 1. The second-order valence-corrected chi connectivity index (χ2v) is 6.10. The Kier molecular flexibility index (Phi) is 4.81. The van der Waals surface area contributed by atoms with Crippen LogP contribution in [0.1, 0.15) is 32.7 Å². The highest BCUT2D eigenvalue weighted by Crippen LogP contribution is 2.37. The summed E-state index contributed by atoms with van der Waals surface area (Å²) in [5.74, 6) is 0.358. The highest BCUT2D eigenvalue weighted by atomic mass is 32.2. The lowest BCUT2D eigenvalue weighted by atomic mass is 10.1. The molecule has 6 nitrogen and oxygen atoms in total. The van der Waals surface area contributed by atoms with Crippen molar-refractivity contribution in [1.29, 1.82) is 0 Å². The third kappa shape index (κ3) is 4.21. The molecule has 0 aliphatic heterocycles. The highest BCUT2D eigenvalue weighted by Gasteiger charge is 2.26. The molecule has 19 heavy (non-hydrogen) atoms. The molecule has 0 radical (unpaired) electrons. The van der Waals surface area contributed by atoms with Gasteiger partial charge in [-0.25, -0.2) is 0 Å². The van der Waals surface area contributed by atoms with Gasteiger partial charge in [0.05, 0.1) is 11.9 Å². The average Bonchev–Trinajstić information content (AvgIpc) is 3.12. The molecule has 1 fully saturated rings. The van der Waals surface area contributed by atoms with Crippen LogP contribution in [0.15, 0.2) is 11.5 Å². The van der Waals surface area contributed by atoms with Crippen LogP contribution in [0.5, 0.6) is 0 Å². The molecule has 1 amide bonds. The lowest BCUT2D eigenvalue weighted by Crippen LogP contribution is -2.35. The van der Waals surface area contributed by atoms with Crippen molar-refractivity contribution in [3.05, 3.63) is 6.33 Å². The molecular weight excluding hydrogens is 264 g/mol. The van der Waals surface area contributed by atoms with Gasteiger partial charge in [-0.2, -0.15) is 0 Å². The van der Waals surface area contributed by atoms with Gasteiger partial charge in [-0.15, -0.1) is 10.2 Å². The number of hydrogen-bond donors (Lipinski definition) is 2. The first-order chi connectivity index (χ1) is 9.08. The summed E-state index contributed by atoms with van der Waals surface area (Å²) in [7, 11) is 0. The smallest absolute Gasteiger partial charge is 0.230 e. The molecule has 1 heterocycles. The maximum atomic E-state index is 11.7. The van der Waals surface area contributed by atoms with Crippen molar-refractivity contribution in [1.82, 2.24) is 20.1 Å². The summed E-state index contributed by atoms with van der Waals surface area (Å²) in [4.78, 5) is 11.7. The van der Waals surface area contributed by atoms with Crippen LogP contribution in [0, 0.1) is 5.92 Å². The number of amides is 1. The number of hydrogen-bond acceptors (Lipinski definition) is 5. The topological polar surface area (TPSA) is 80.0 Å². The van der Waals surface area contributed by atoms with Crippen molar-refractivity contribution in [3.63, 3.8) is 0 Å². The van der Waals surface area contributed by atoms with Crippen molar-refractivity contribution in [2.45, 2.75) is 44.0 Å².